The van der Waals surface area contributed by atoms with Gasteiger partial charge in [0, 0.05) is 5.56 Å². The van der Waals surface area contributed by atoms with E-state index in [-0.39, 0.29) is 10.9 Å². The first-order valence-electron chi connectivity index (χ1n) is 32.6. The van der Waals surface area contributed by atoms with Crippen molar-refractivity contribution in [1.82, 2.24) is 0 Å². The van der Waals surface area contributed by atoms with Crippen molar-refractivity contribution in [1.29, 1.82) is 0 Å². The van der Waals surface area contributed by atoms with Crippen LogP contribution in [-0.4, -0.2) is 12.3 Å². The lowest BCUT2D eigenvalue weighted by atomic mass is 9.12. The summed E-state index contributed by atoms with van der Waals surface area (Å²) in [5, 5.41) is 0. The maximum atomic E-state index is 15.4. The van der Waals surface area contributed by atoms with E-state index >= 15 is 70.2 Å². The lowest BCUT2D eigenvalue weighted by molar-refractivity contribution is -0.326. The summed E-state index contributed by atoms with van der Waals surface area (Å²) in [7, 11) is -0.151. The Morgan fingerprint density at radius 2 is 0.325 bits per heavy atom. The Balaban J connectivity index is 0.000000182. The highest BCUT2D eigenvalue weighted by atomic mass is 127. The number of benzene rings is 13. The van der Waals surface area contributed by atoms with E-state index in [1.807, 2.05) is 12.1 Å². The minimum atomic E-state index is -7.22. The number of hydrogen-bond acceptors (Lipinski definition) is 1. The summed E-state index contributed by atoms with van der Waals surface area (Å²) in [6.07, 6.45) is -14.4. The summed E-state index contributed by atoms with van der Waals surface area (Å²) in [5.41, 5.74) is -26.2. The second-order valence-corrected chi connectivity index (χ2v) is 28.4. The van der Waals surface area contributed by atoms with E-state index in [9.17, 15) is 105 Å². The number of rotatable bonds is 14. The van der Waals surface area contributed by atoms with Crippen LogP contribution in [0.4, 0.5) is 176 Å². The van der Waals surface area contributed by atoms with Gasteiger partial charge in [-0.1, -0.05) is 60.7 Å². The predicted octanol–water partition coefficient (Wildman–Crippen LogP) is 16.4. The molecule has 13 aromatic rings. The third-order valence-corrected chi connectivity index (χ3v) is 22.0. The number of ether oxygens (including phenoxy) is 1. The van der Waals surface area contributed by atoms with Crippen molar-refractivity contribution in [3.63, 3.8) is 0 Å². The van der Waals surface area contributed by atoms with Gasteiger partial charge in [0.1, 0.15) is 117 Å². The van der Waals surface area contributed by atoms with E-state index in [1.54, 1.807) is 0 Å². The van der Waals surface area contributed by atoms with Crippen molar-refractivity contribution in [2.75, 3.05) is 0 Å². The molecule has 0 aliphatic carbocycles. The fraction of sp³-hybridized carbons (Fsp3) is 0. The van der Waals surface area contributed by atoms with Gasteiger partial charge in [-0.15, -0.1) is 43.7 Å². The van der Waals surface area contributed by atoms with Crippen LogP contribution < -0.4 is 71.0 Å². The summed E-state index contributed by atoms with van der Waals surface area (Å²) < 4.78 is 595. The molecular formula is C78H23B2F40IOS. The quantitative estimate of drug-likeness (QED) is 0.0263. The topological polar surface area (TPSA) is 9.23 Å². The third kappa shape index (κ3) is 14.8. The summed E-state index contributed by atoms with van der Waals surface area (Å²) in [6, 6.07) is 46.6. The molecule has 13 rings (SSSR count). The van der Waals surface area contributed by atoms with Gasteiger partial charge >= 0.3 is 0 Å². The normalized spacial score (nSPS) is 11.7. The Hall–Kier alpha value is -11.9. The Morgan fingerprint density at radius 1 is 0.171 bits per heavy atom. The SMILES string of the molecule is Fc1c(F)c(F)c([B-](c2c(F)c(F)c(F)c(F)c2F)(c2c(F)c(F)c(F)c(F)c2F)c2c(F)c(F)c(F)c(F)c2F)c(F)c1F.Fc1c(F)c(F)c([B-](c2c(F)c(F)c(F)c(F)c2F)(c2c(F)c(F)c(F)c(F)c2F)c2c(F)c(F)c(F)c(F)c2F)c(F)c1F.[IH+]c1ccccc1-c1ccc(Oc2ccc([S+](c3ccccc3)c3ccccc3)cc2)cc1. The first kappa shape index (κ1) is 91.8. The molecule has 0 spiro atoms. The van der Waals surface area contributed by atoms with Crippen LogP contribution in [0.3, 0.4) is 0 Å². The molecule has 0 fully saturated rings. The second kappa shape index (κ2) is 34.8. The van der Waals surface area contributed by atoms with Gasteiger partial charge in [-0.3, -0.25) is 0 Å². The van der Waals surface area contributed by atoms with Crippen molar-refractivity contribution in [2.24, 2.45) is 0 Å². The average Bonchev–Trinajstić information content (AvgIpc) is 0.684. The smallest absolute Gasteiger partial charge is 0.297 e. The minimum absolute atomic E-state index is 0.151. The van der Waals surface area contributed by atoms with Gasteiger partial charge in [0.2, 0.25) is 0 Å². The predicted molar refractivity (Wildman–Crippen MR) is 352 cm³/mol. The van der Waals surface area contributed by atoms with E-state index in [1.165, 1.54) is 29.4 Å². The van der Waals surface area contributed by atoms with Crippen LogP contribution in [-0.2, 0) is 10.9 Å². The highest BCUT2D eigenvalue weighted by molar-refractivity contribution is 7.97. The van der Waals surface area contributed by atoms with Crippen molar-refractivity contribution < 1.29 is 203 Å². The Morgan fingerprint density at radius 3 is 0.512 bits per heavy atom. The molecular weight excluding hydrogens is 1890 g/mol. The summed E-state index contributed by atoms with van der Waals surface area (Å²) in [5.74, 6) is -141. The van der Waals surface area contributed by atoms with Gasteiger partial charge in [-0.25, -0.2) is 176 Å². The fourth-order valence-electron chi connectivity index (χ4n) is 13.5. The zero-order valence-electron chi connectivity index (χ0n) is 58.2. The van der Waals surface area contributed by atoms with Crippen molar-refractivity contribution in [2.45, 2.75) is 14.7 Å². The van der Waals surface area contributed by atoms with Crippen LogP contribution in [0.15, 0.2) is 148 Å². The fourth-order valence-corrected chi connectivity index (χ4v) is 16.3. The molecule has 13 aromatic carbocycles. The van der Waals surface area contributed by atoms with Crippen LogP contribution in [0, 0.1) is 236 Å². The Labute approximate surface area is 674 Å². The van der Waals surface area contributed by atoms with E-state index < -0.39 is 289 Å². The lowest BCUT2D eigenvalue weighted by Gasteiger charge is -2.44. The minimum Gasteiger partial charge on any atom is -0.457 e. The molecule has 0 bridgehead atoms. The van der Waals surface area contributed by atoms with Crippen LogP contribution in [0.5, 0.6) is 11.5 Å². The number of halogens is 41. The largest absolute Gasteiger partial charge is 0.457 e. The Bertz CT molecular complexity index is 5390. The van der Waals surface area contributed by atoms with E-state index in [0.717, 1.165) is 11.5 Å². The summed E-state index contributed by atoms with van der Waals surface area (Å²) in [4.78, 5) is 3.89. The molecule has 0 aromatic heterocycles. The van der Waals surface area contributed by atoms with E-state index in [0.29, 0.717) is 0 Å². The van der Waals surface area contributed by atoms with E-state index in [4.69, 9.17) is 4.74 Å². The van der Waals surface area contributed by atoms with Gasteiger partial charge in [0.15, 0.2) is 158 Å². The molecule has 0 heterocycles. The molecule has 640 valence electrons. The lowest BCUT2D eigenvalue weighted by Crippen LogP contribution is -3.34. The molecule has 0 atom stereocenters. The van der Waals surface area contributed by atoms with Crippen LogP contribution in [0.1, 0.15) is 0 Å². The van der Waals surface area contributed by atoms with Crippen molar-refractivity contribution in [3.8, 4) is 22.6 Å². The maximum absolute atomic E-state index is 15.4. The molecule has 1 nitrogen and oxygen atoms in total. The highest BCUT2D eigenvalue weighted by Crippen LogP contribution is 2.38. The highest BCUT2D eigenvalue weighted by Gasteiger charge is 2.55. The molecule has 0 amide bonds. The average molecular weight is 1920 g/mol. The first-order valence-corrected chi connectivity index (χ1v) is 35.0. The maximum Gasteiger partial charge on any atom is 0.297 e. The van der Waals surface area contributed by atoms with Crippen molar-refractivity contribution >= 4 is 66.9 Å². The number of hydrogen-bond donors (Lipinski definition) is 0. The second-order valence-electron chi connectivity index (χ2n) is 25.1. The molecule has 0 unspecified atom stereocenters. The van der Waals surface area contributed by atoms with Crippen LogP contribution in [0.25, 0.3) is 11.1 Å². The first-order chi connectivity index (χ1) is 57.7. The molecule has 45 heteroatoms. The van der Waals surface area contributed by atoms with Crippen molar-refractivity contribution in [3.05, 3.63) is 370 Å². The molecule has 0 saturated heterocycles. The summed E-state index contributed by atoms with van der Waals surface area (Å²) in [6.45, 7) is 0. The van der Waals surface area contributed by atoms with Gasteiger partial charge in [0.05, 0.1) is 10.9 Å². The zero-order chi connectivity index (χ0) is 91.2. The van der Waals surface area contributed by atoms with Gasteiger partial charge < -0.3 is 4.74 Å². The third-order valence-electron chi connectivity index (χ3n) is 18.7. The molecule has 123 heavy (non-hydrogen) atoms. The van der Waals surface area contributed by atoms with Gasteiger partial charge in [0.25, 0.3) is 22.6 Å². The molecule has 0 aliphatic rings. The van der Waals surface area contributed by atoms with Gasteiger partial charge in [-0.05, 0) is 78.4 Å². The van der Waals surface area contributed by atoms with Crippen LogP contribution in [0.2, 0.25) is 0 Å². The van der Waals surface area contributed by atoms with Gasteiger partial charge in [-0.2, -0.15) is 0 Å². The monoisotopic (exact) mass is 1920 g/mol. The molecule has 0 aliphatic heterocycles. The summed E-state index contributed by atoms with van der Waals surface area (Å²) >= 11 is 2.06. The zero-order valence-corrected chi connectivity index (χ0v) is 61.3. The van der Waals surface area contributed by atoms with E-state index in [2.05, 4.69) is 144 Å². The molecule has 0 radical (unpaired) electrons. The molecule has 0 saturated carbocycles. The Kier molecular flexibility index (Phi) is 25.9. The van der Waals surface area contributed by atoms with Crippen LogP contribution >= 0.6 is 0 Å². The molecule has 0 N–H and O–H groups in total. The standard InChI is InChI=1S/C30H23IOS.2C24BF20/c31-30-14-8-7-13-29(30)23-15-17-24(18-16-23)32-25-19-21-28(22-20-25)33(26-9-3-1-4-10-26)27-11-5-2-6-12-27;2*26-5-1(6(27)14(35)21(42)13(5)34)25(2-7(28)15(36)22(43)16(37)8(2)29,3-9(30)17(38)23(44)18(39)10(3)31)4-11(32)19(40)24(45)20(41)12(4)33/h1-22,31H;;/q+2;2*-1.